The maximum atomic E-state index is 12.3. The summed E-state index contributed by atoms with van der Waals surface area (Å²) in [6.45, 7) is 10.4. The second-order valence-electron chi connectivity index (χ2n) is 10.1. The molecule has 200 valence electrons. The molecule has 0 bridgehead atoms. The van der Waals surface area contributed by atoms with Gasteiger partial charge < -0.3 is 19.4 Å². The van der Waals surface area contributed by atoms with Crippen LogP contribution in [0.5, 0.6) is 11.5 Å². The van der Waals surface area contributed by atoms with Crippen molar-refractivity contribution in [2.45, 2.75) is 59.9 Å². The Hall–Kier alpha value is -3.80. The quantitative estimate of drug-likeness (QED) is 0.214. The van der Waals surface area contributed by atoms with Crippen LogP contribution in [0.15, 0.2) is 60.7 Å². The van der Waals surface area contributed by atoms with Gasteiger partial charge in [-0.1, -0.05) is 30.3 Å². The highest BCUT2D eigenvalue weighted by Gasteiger charge is 2.11. The van der Waals surface area contributed by atoms with Gasteiger partial charge in [-0.3, -0.25) is 4.79 Å². The largest absolute Gasteiger partial charge is 0.494 e. The summed E-state index contributed by atoms with van der Waals surface area (Å²) in [7, 11) is 0. The van der Waals surface area contributed by atoms with Gasteiger partial charge in [-0.05, 0) is 99.5 Å². The Labute approximate surface area is 226 Å². The van der Waals surface area contributed by atoms with E-state index >= 15 is 0 Å². The van der Waals surface area contributed by atoms with E-state index in [1.54, 1.807) is 0 Å². The molecule has 6 heteroatoms. The topological polar surface area (TPSA) is 65.4 Å². The average Bonchev–Trinajstić information content (AvgIpc) is 3.23. The number of aryl methyl sites for hydroxylation is 6. The predicted molar refractivity (Wildman–Crippen MR) is 153 cm³/mol. The van der Waals surface area contributed by atoms with Crippen molar-refractivity contribution in [1.82, 2.24) is 14.9 Å². The molecule has 0 aliphatic carbocycles. The summed E-state index contributed by atoms with van der Waals surface area (Å²) < 4.78 is 14.0. The van der Waals surface area contributed by atoms with E-state index in [0.29, 0.717) is 13.2 Å². The van der Waals surface area contributed by atoms with E-state index in [4.69, 9.17) is 14.5 Å². The van der Waals surface area contributed by atoms with Gasteiger partial charge in [0.2, 0.25) is 0 Å². The summed E-state index contributed by atoms with van der Waals surface area (Å²) in [4.78, 5) is 17.2. The van der Waals surface area contributed by atoms with Gasteiger partial charge in [0, 0.05) is 19.5 Å². The highest BCUT2D eigenvalue weighted by molar-refractivity contribution is 5.77. The molecule has 6 nitrogen and oxygen atoms in total. The Kier molecular flexibility index (Phi) is 9.41. The summed E-state index contributed by atoms with van der Waals surface area (Å²) in [6, 6.07) is 20.6. The maximum absolute atomic E-state index is 12.3. The Morgan fingerprint density at radius 2 is 1.66 bits per heavy atom. The van der Waals surface area contributed by atoms with Gasteiger partial charge in [0.15, 0.2) is 6.61 Å². The van der Waals surface area contributed by atoms with Crippen molar-refractivity contribution >= 4 is 16.9 Å². The number of imidazole rings is 1. The highest BCUT2D eigenvalue weighted by atomic mass is 16.5. The molecule has 0 atom stereocenters. The van der Waals surface area contributed by atoms with Crippen LogP contribution in [0.2, 0.25) is 0 Å². The van der Waals surface area contributed by atoms with Crippen molar-refractivity contribution in [2.24, 2.45) is 0 Å². The number of rotatable bonds is 13. The first-order valence-corrected chi connectivity index (χ1v) is 13.5. The molecule has 4 rings (SSSR count). The molecule has 1 aromatic heterocycles. The van der Waals surface area contributed by atoms with E-state index in [0.717, 1.165) is 71.7 Å². The zero-order chi connectivity index (χ0) is 26.9. The number of carbonyl (C=O) groups excluding carboxylic acids is 1. The number of benzene rings is 3. The van der Waals surface area contributed by atoms with Crippen LogP contribution in [0.3, 0.4) is 0 Å². The van der Waals surface area contributed by atoms with E-state index in [1.165, 1.54) is 11.1 Å². The molecule has 4 aromatic rings. The van der Waals surface area contributed by atoms with E-state index in [1.807, 2.05) is 38.1 Å². The normalized spacial score (nSPS) is 11.1. The summed E-state index contributed by atoms with van der Waals surface area (Å²) in [6.07, 6.45) is 3.58. The number of para-hydroxylation sites is 2. The SMILES string of the molecule is Cc1cc(C)cc(OCCCCn2c(CCCNC(=O)COc3cc(C)ccc3C)nc3ccccc32)c1. The van der Waals surface area contributed by atoms with Crippen LogP contribution in [0.1, 0.15) is 47.3 Å². The average molecular weight is 514 g/mol. The number of hydrogen-bond donors (Lipinski definition) is 1. The Bertz CT molecular complexity index is 1360. The molecule has 1 amide bonds. The van der Waals surface area contributed by atoms with Crippen LogP contribution in [-0.2, 0) is 17.8 Å². The number of nitrogens with one attached hydrogen (secondary N) is 1. The maximum Gasteiger partial charge on any atom is 0.257 e. The zero-order valence-corrected chi connectivity index (χ0v) is 23.0. The van der Waals surface area contributed by atoms with Crippen molar-refractivity contribution in [3.8, 4) is 11.5 Å². The second-order valence-corrected chi connectivity index (χ2v) is 10.1. The first-order valence-electron chi connectivity index (χ1n) is 13.5. The van der Waals surface area contributed by atoms with Gasteiger partial charge in [-0.2, -0.15) is 0 Å². The lowest BCUT2D eigenvalue weighted by atomic mass is 10.1. The molecule has 0 aliphatic rings. The molecule has 3 aromatic carbocycles. The summed E-state index contributed by atoms with van der Waals surface area (Å²) >= 11 is 0. The van der Waals surface area contributed by atoms with Crippen LogP contribution in [0.25, 0.3) is 11.0 Å². The Morgan fingerprint density at radius 3 is 2.47 bits per heavy atom. The highest BCUT2D eigenvalue weighted by Crippen LogP contribution is 2.20. The monoisotopic (exact) mass is 513 g/mol. The summed E-state index contributed by atoms with van der Waals surface area (Å²) in [5.74, 6) is 2.65. The molecule has 1 heterocycles. The van der Waals surface area contributed by atoms with Crippen molar-refractivity contribution < 1.29 is 14.3 Å². The van der Waals surface area contributed by atoms with Crippen LogP contribution in [0, 0.1) is 27.7 Å². The standard InChI is InChI=1S/C32H39N3O3/c1-23-13-14-26(4)30(21-23)38-22-32(36)33-15-9-12-31-34-28-10-5-6-11-29(28)35(31)16-7-8-17-37-27-19-24(2)18-25(3)20-27/h5-6,10-11,13-14,18-21H,7-9,12,15-17,22H2,1-4H3,(H,33,36). The molecule has 0 radical (unpaired) electrons. The fourth-order valence-electron chi connectivity index (χ4n) is 4.68. The molecular formula is C32H39N3O3. The Morgan fingerprint density at radius 1 is 0.868 bits per heavy atom. The lowest BCUT2D eigenvalue weighted by molar-refractivity contribution is -0.123. The molecule has 0 saturated carbocycles. The van der Waals surface area contributed by atoms with Crippen molar-refractivity contribution in [3.05, 3.63) is 88.7 Å². The minimum Gasteiger partial charge on any atom is -0.494 e. The molecule has 38 heavy (non-hydrogen) atoms. The van der Waals surface area contributed by atoms with Crippen LogP contribution < -0.4 is 14.8 Å². The van der Waals surface area contributed by atoms with Crippen molar-refractivity contribution in [1.29, 1.82) is 0 Å². The first-order chi connectivity index (χ1) is 18.4. The molecular weight excluding hydrogens is 474 g/mol. The van der Waals surface area contributed by atoms with Crippen molar-refractivity contribution in [2.75, 3.05) is 19.8 Å². The number of nitrogens with zero attached hydrogens (tertiary/aromatic N) is 2. The first kappa shape index (κ1) is 27.2. The van der Waals surface area contributed by atoms with E-state index < -0.39 is 0 Å². The molecule has 0 unspecified atom stereocenters. The lowest BCUT2D eigenvalue weighted by Gasteiger charge is -2.12. The number of unbranched alkanes of at least 4 members (excludes halogenated alkanes) is 1. The van der Waals surface area contributed by atoms with Gasteiger partial charge >= 0.3 is 0 Å². The minimum absolute atomic E-state index is 0.0208. The summed E-state index contributed by atoms with van der Waals surface area (Å²) in [5.41, 5.74) is 6.75. The van der Waals surface area contributed by atoms with Crippen LogP contribution in [0.4, 0.5) is 0 Å². The smallest absolute Gasteiger partial charge is 0.257 e. The fraction of sp³-hybridized carbons (Fsp3) is 0.375. The third-order valence-corrected chi connectivity index (χ3v) is 6.58. The molecule has 1 N–H and O–H groups in total. The van der Waals surface area contributed by atoms with Gasteiger partial charge in [0.1, 0.15) is 17.3 Å². The third kappa shape index (κ3) is 7.60. The predicted octanol–water partition coefficient (Wildman–Crippen LogP) is 6.26. The fourth-order valence-corrected chi connectivity index (χ4v) is 4.68. The Balaban J connectivity index is 1.24. The molecule has 0 spiro atoms. The third-order valence-electron chi connectivity index (χ3n) is 6.58. The van der Waals surface area contributed by atoms with E-state index in [9.17, 15) is 4.79 Å². The molecule has 0 saturated heterocycles. The zero-order valence-electron chi connectivity index (χ0n) is 23.0. The van der Waals surface area contributed by atoms with Gasteiger partial charge in [0.25, 0.3) is 5.91 Å². The number of carbonyl (C=O) groups is 1. The van der Waals surface area contributed by atoms with Crippen LogP contribution >= 0.6 is 0 Å². The second kappa shape index (κ2) is 13.1. The van der Waals surface area contributed by atoms with E-state index in [2.05, 4.69) is 60.1 Å². The van der Waals surface area contributed by atoms with E-state index in [-0.39, 0.29) is 12.5 Å². The number of ether oxygens (including phenoxy) is 2. The summed E-state index contributed by atoms with van der Waals surface area (Å²) in [5, 5.41) is 2.98. The van der Waals surface area contributed by atoms with Crippen LogP contribution in [-0.4, -0.2) is 35.2 Å². The minimum atomic E-state index is -0.108. The lowest BCUT2D eigenvalue weighted by Crippen LogP contribution is -2.30. The number of hydrogen-bond acceptors (Lipinski definition) is 4. The molecule has 0 fully saturated rings. The molecule has 0 aliphatic heterocycles. The number of fused-ring (bicyclic) bond motifs is 1. The van der Waals surface area contributed by atoms with Gasteiger partial charge in [-0.15, -0.1) is 0 Å². The van der Waals surface area contributed by atoms with Gasteiger partial charge in [-0.25, -0.2) is 4.98 Å². The number of aromatic nitrogens is 2. The van der Waals surface area contributed by atoms with Crippen molar-refractivity contribution in [3.63, 3.8) is 0 Å². The van der Waals surface area contributed by atoms with Gasteiger partial charge in [0.05, 0.1) is 17.6 Å². The number of amides is 1.